The first-order chi connectivity index (χ1) is 11.7. The van der Waals surface area contributed by atoms with E-state index in [4.69, 9.17) is 4.74 Å². The Labute approximate surface area is 141 Å². The topological polar surface area (TPSA) is 73.1 Å². The van der Waals surface area contributed by atoms with Gasteiger partial charge < -0.3 is 9.64 Å². The van der Waals surface area contributed by atoms with Crippen molar-refractivity contribution in [2.75, 3.05) is 20.2 Å². The first kappa shape index (κ1) is 16.4. The molecule has 3 rings (SSSR count). The molecule has 0 bridgehead atoms. The Morgan fingerprint density at radius 1 is 1.42 bits per heavy atom. The number of carbonyl (C=O) groups excluding carboxylic acids is 1. The molecule has 1 unspecified atom stereocenters. The molecule has 1 aliphatic heterocycles. The smallest absolute Gasteiger partial charge is 0.244 e. The molecule has 7 heteroatoms. The molecule has 1 aromatic carbocycles. The van der Waals surface area contributed by atoms with Crippen LogP contribution in [0.15, 0.2) is 30.6 Å². The van der Waals surface area contributed by atoms with Gasteiger partial charge in [0.1, 0.15) is 18.6 Å². The monoisotopic (exact) mass is 329 g/mol. The lowest BCUT2D eigenvalue weighted by atomic mass is 9.91. The number of ether oxygens (including phenoxy) is 1. The van der Waals surface area contributed by atoms with Crippen LogP contribution in [0.2, 0.25) is 0 Å². The first-order valence-corrected chi connectivity index (χ1v) is 8.36. The van der Waals surface area contributed by atoms with Crippen molar-refractivity contribution in [2.24, 2.45) is 5.92 Å². The van der Waals surface area contributed by atoms with Gasteiger partial charge in [0.05, 0.1) is 7.11 Å². The molecule has 0 N–H and O–H groups in total. The van der Waals surface area contributed by atoms with Crippen LogP contribution in [-0.4, -0.2) is 51.2 Å². The quantitative estimate of drug-likeness (QED) is 0.804. The Balaban J connectivity index is 1.50. The van der Waals surface area contributed by atoms with E-state index in [1.165, 1.54) is 23.0 Å². The van der Waals surface area contributed by atoms with Gasteiger partial charge in [0, 0.05) is 13.1 Å². The normalized spacial score (nSPS) is 17.7. The minimum atomic E-state index is 0.0911. The Morgan fingerprint density at radius 2 is 2.33 bits per heavy atom. The van der Waals surface area contributed by atoms with Gasteiger partial charge in [0.25, 0.3) is 0 Å². The molecule has 1 saturated heterocycles. The van der Waals surface area contributed by atoms with Gasteiger partial charge in [-0.2, -0.15) is 0 Å². The summed E-state index contributed by atoms with van der Waals surface area (Å²) in [4.78, 5) is 14.3. The maximum atomic E-state index is 12.4. The van der Waals surface area contributed by atoms with Crippen molar-refractivity contribution in [3.8, 4) is 5.75 Å². The molecular weight excluding hydrogens is 306 g/mol. The number of hydrogen-bond donors (Lipinski definition) is 0. The van der Waals surface area contributed by atoms with Crippen molar-refractivity contribution in [1.82, 2.24) is 25.1 Å². The minimum absolute atomic E-state index is 0.0911. The van der Waals surface area contributed by atoms with Crippen molar-refractivity contribution in [3.05, 3.63) is 36.2 Å². The number of aryl methyl sites for hydroxylation is 1. The highest BCUT2D eigenvalue weighted by atomic mass is 16.5. The van der Waals surface area contributed by atoms with Crippen LogP contribution < -0.4 is 4.74 Å². The van der Waals surface area contributed by atoms with Gasteiger partial charge in [-0.25, -0.2) is 4.68 Å². The van der Waals surface area contributed by atoms with Crippen molar-refractivity contribution >= 4 is 5.91 Å². The third kappa shape index (κ3) is 4.31. The number of piperidine rings is 1. The van der Waals surface area contributed by atoms with Crippen LogP contribution in [0, 0.1) is 5.92 Å². The number of aromatic nitrogens is 4. The van der Waals surface area contributed by atoms with Crippen LogP contribution in [0.25, 0.3) is 0 Å². The molecule has 128 valence electrons. The lowest BCUT2D eigenvalue weighted by molar-refractivity contribution is -0.133. The molecule has 1 amide bonds. The van der Waals surface area contributed by atoms with Gasteiger partial charge >= 0.3 is 0 Å². The van der Waals surface area contributed by atoms with E-state index in [1.807, 2.05) is 17.0 Å². The summed E-state index contributed by atoms with van der Waals surface area (Å²) in [6.45, 7) is 1.87. The van der Waals surface area contributed by atoms with E-state index in [1.54, 1.807) is 7.11 Å². The molecule has 1 fully saturated rings. The molecule has 24 heavy (non-hydrogen) atoms. The van der Waals surface area contributed by atoms with Gasteiger partial charge in [-0.05, 0) is 59.7 Å². The van der Waals surface area contributed by atoms with Crippen LogP contribution in [0.4, 0.5) is 0 Å². The Kier molecular flexibility index (Phi) is 5.40. The minimum Gasteiger partial charge on any atom is -0.497 e. The van der Waals surface area contributed by atoms with Crippen molar-refractivity contribution in [1.29, 1.82) is 0 Å². The molecule has 1 atom stereocenters. The van der Waals surface area contributed by atoms with Crippen molar-refractivity contribution in [2.45, 2.75) is 32.2 Å². The van der Waals surface area contributed by atoms with E-state index < -0.39 is 0 Å². The predicted molar refractivity (Wildman–Crippen MR) is 88.4 cm³/mol. The molecular formula is C17H23N5O2. The molecule has 0 radical (unpaired) electrons. The third-order valence-electron chi connectivity index (χ3n) is 4.54. The highest BCUT2D eigenvalue weighted by Crippen LogP contribution is 2.23. The summed E-state index contributed by atoms with van der Waals surface area (Å²) in [6.07, 6.45) is 5.81. The summed E-state index contributed by atoms with van der Waals surface area (Å²) in [5.41, 5.74) is 1.28. The zero-order valence-electron chi connectivity index (χ0n) is 14.0. The van der Waals surface area contributed by atoms with Crippen molar-refractivity contribution < 1.29 is 9.53 Å². The number of amides is 1. The SMILES string of the molecule is COc1cccc(CCC2CCCN(C(=O)Cn3cnnn3)C2)c1. The molecule has 7 nitrogen and oxygen atoms in total. The van der Waals surface area contributed by atoms with Crippen LogP contribution in [0.3, 0.4) is 0 Å². The number of hydrogen-bond acceptors (Lipinski definition) is 5. The molecule has 0 saturated carbocycles. The van der Waals surface area contributed by atoms with Crippen LogP contribution in [0.1, 0.15) is 24.8 Å². The zero-order valence-corrected chi connectivity index (χ0v) is 14.0. The molecule has 0 aliphatic carbocycles. The van der Waals surface area contributed by atoms with E-state index >= 15 is 0 Å². The van der Waals surface area contributed by atoms with E-state index in [0.29, 0.717) is 5.92 Å². The van der Waals surface area contributed by atoms with Crippen LogP contribution >= 0.6 is 0 Å². The average Bonchev–Trinajstić information content (AvgIpc) is 3.13. The van der Waals surface area contributed by atoms with E-state index in [9.17, 15) is 4.79 Å². The summed E-state index contributed by atoms with van der Waals surface area (Å²) in [5, 5.41) is 10.9. The fourth-order valence-electron chi connectivity index (χ4n) is 3.22. The Hall–Kier alpha value is -2.44. The lowest BCUT2D eigenvalue weighted by Gasteiger charge is -2.32. The average molecular weight is 329 g/mol. The number of likely N-dealkylation sites (tertiary alicyclic amines) is 1. The number of nitrogens with zero attached hydrogens (tertiary/aromatic N) is 5. The number of rotatable bonds is 6. The maximum absolute atomic E-state index is 12.4. The highest BCUT2D eigenvalue weighted by Gasteiger charge is 2.23. The van der Waals surface area contributed by atoms with Gasteiger partial charge in [-0.15, -0.1) is 5.10 Å². The summed E-state index contributed by atoms with van der Waals surface area (Å²) in [7, 11) is 1.69. The first-order valence-electron chi connectivity index (χ1n) is 8.36. The van der Waals surface area contributed by atoms with E-state index in [-0.39, 0.29) is 12.5 Å². The number of methoxy groups -OCH3 is 1. The molecule has 2 aromatic rings. The van der Waals surface area contributed by atoms with E-state index in [0.717, 1.165) is 38.1 Å². The van der Waals surface area contributed by atoms with Gasteiger partial charge in [-0.1, -0.05) is 12.1 Å². The van der Waals surface area contributed by atoms with Gasteiger partial charge in [-0.3, -0.25) is 4.79 Å². The third-order valence-corrected chi connectivity index (χ3v) is 4.54. The summed E-state index contributed by atoms with van der Waals surface area (Å²) in [5.74, 6) is 1.53. The zero-order chi connectivity index (χ0) is 16.8. The number of tetrazole rings is 1. The summed E-state index contributed by atoms with van der Waals surface area (Å²) >= 11 is 0. The maximum Gasteiger partial charge on any atom is 0.244 e. The predicted octanol–water partition coefficient (Wildman–Crippen LogP) is 1.55. The molecule has 1 aromatic heterocycles. The van der Waals surface area contributed by atoms with Crippen LogP contribution in [0.5, 0.6) is 5.75 Å². The second-order valence-electron chi connectivity index (χ2n) is 6.25. The Bertz CT molecular complexity index is 659. The highest BCUT2D eigenvalue weighted by molar-refractivity contribution is 5.75. The summed E-state index contributed by atoms with van der Waals surface area (Å²) < 4.78 is 6.75. The fraction of sp³-hybridized carbons (Fsp3) is 0.529. The van der Waals surface area contributed by atoms with Gasteiger partial charge in [0.15, 0.2) is 0 Å². The molecule has 2 heterocycles. The second kappa shape index (κ2) is 7.90. The number of carbonyl (C=O) groups is 1. The standard InChI is InChI=1S/C17H23N5O2/c1-24-16-6-2-4-14(10-16)7-8-15-5-3-9-21(11-15)17(23)12-22-13-18-19-20-22/h2,4,6,10,13,15H,3,5,7-9,11-12H2,1H3. The lowest BCUT2D eigenvalue weighted by Crippen LogP contribution is -2.41. The van der Waals surface area contributed by atoms with E-state index in [2.05, 4.69) is 27.7 Å². The summed E-state index contributed by atoms with van der Waals surface area (Å²) in [6, 6.07) is 8.20. The Morgan fingerprint density at radius 3 is 3.12 bits per heavy atom. The number of benzene rings is 1. The van der Waals surface area contributed by atoms with Crippen LogP contribution in [-0.2, 0) is 17.8 Å². The van der Waals surface area contributed by atoms with Crippen molar-refractivity contribution in [3.63, 3.8) is 0 Å². The fourth-order valence-corrected chi connectivity index (χ4v) is 3.22. The second-order valence-corrected chi connectivity index (χ2v) is 6.25. The molecule has 1 aliphatic rings. The molecule has 0 spiro atoms. The van der Waals surface area contributed by atoms with Gasteiger partial charge in [0.2, 0.25) is 5.91 Å². The largest absolute Gasteiger partial charge is 0.497 e.